The number of hydrazone groups is 1. The number of phenolic OH excluding ortho intramolecular Hbond substituents is 1. The first-order valence-corrected chi connectivity index (χ1v) is 6.48. The first kappa shape index (κ1) is 14.9. The Morgan fingerprint density at radius 1 is 1.33 bits per heavy atom. The van der Waals surface area contributed by atoms with Gasteiger partial charge in [0.1, 0.15) is 11.6 Å². The van der Waals surface area contributed by atoms with Gasteiger partial charge in [-0.2, -0.15) is 5.10 Å². The number of nitro benzene ring substituents is 1. The Kier molecular flexibility index (Phi) is 4.49. The summed E-state index contributed by atoms with van der Waals surface area (Å²) in [7, 11) is 0. The molecule has 0 unspecified atom stereocenters. The highest BCUT2D eigenvalue weighted by Gasteiger charge is 2.08. The maximum atomic E-state index is 13.5. The predicted molar refractivity (Wildman–Crippen MR) is 80.1 cm³/mol. The van der Waals surface area contributed by atoms with E-state index in [1.54, 1.807) is 6.07 Å². The Labute approximate surface area is 127 Å². The van der Waals surface area contributed by atoms with E-state index in [9.17, 15) is 19.6 Å². The van der Waals surface area contributed by atoms with Gasteiger partial charge in [-0.1, -0.05) is 15.9 Å². The third kappa shape index (κ3) is 3.76. The van der Waals surface area contributed by atoms with Crippen molar-refractivity contribution in [3.8, 4) is 5.75 Å². The SMILES string of the molecule is O=[N+]([O-])c1ccc(O)c(C=NNc2ccc(Br)cc2F)c1. The van der Waals surface area contributed by atoms with Crippen LogP contribution in [0.5, 0.6) is 5.75 Å². The van der Waals surface area contributed by atoms with Gasteiger partial charge in [-0.15, -0.1) is 0 Å². The molecule has 0 atom stereocenters. The number of hydrogen-bond donors (Lipinski definition) is 2. The van der Waals surface area contributed by atoms with E-state index >= 15 is 0 Å². The lowest BCUT2D eigenvalue weighted by atomic mass is 10.2. The van der Waals surface area contributed by atoms with Crippen LogP contribution in [0.4, 0.5) is 15.8 Å². The van der Waals surface area contributed by atoms with E-state index in [2.05, 4.69) is 26.5 Å². The first-order chi connectivity index (χ1) is 9.97. The number of nitrogens with zero attached hydrogens (tertiary/aromatic N) is 2. The van der Waals surface area contributed by atoms with Crippen molar-refractivity contribution in [2.75, 3.05) is 5.43 Å². The lowest BCUT2D eigenvalue weighted by Crippen LogP contribution is -1.95. The summed E-state index contributed by atoms with van der Waals surface area (Å²) in [6.45, 7) is 0. The Morgan fingerprint density at radius 3 is 2.76 bits per heavy atom. The second-order valence-electron chi connectivity index (χ2n) is 3.99. The Balaban J connectivity index is 2.17. The van der Waals surface area contributed by atoms with Crippen molar-refractivity contribution < 1.29 is 14.4 Å². The van der Waals surface area contributed by atoms with Crippen molar-refractivity contribution in [2.24, 2.45) is 5.10 Å². The summed E-state index contributed by atoms with van der Waals surface area (Å²) in [4.78, 5) is 10.1. The number of anilines is 1. The lowest BCUT2D eigenvalue weighted by molar-refractivity contribution is -0.384. The normalized spacial score (nSPS) is 10.8. The van der Waals surface area contributed by atoms with E-state index in [4.69, 9.17) is 0 Å². The summed E-state index contributed by atoms with van der Waals surface area (Å²) in [5, 5.41) is 24.0. The number of aromatic hydroxyl groups is 1. The minimum absolute atomic E-state index is 0.138. The summed E-state index contributed by atoms with van der Waals surface area (Å²) >= 11 is 3.13. The van der Waals surface area contributed by atoms with Crippen LogP contribution in [0, 0.1) is 15.9 Å². The molecule has 0 amide bonds. The summed E-state index contributed by atoms with van der Waals surface area (Å²) in [5.41, 5.74) is 2.57. The molecule has 2 N–H and O–H groups in total. The van der Waals surface area contributed by atoms with Gasteiger partial charge in [0.25, 0.3) is 5.69 Å². The molecule has 0 fully saturated rings. The molecule has 0 aliphatic carbocycles. The lowest BCUT2D eigenvalue weighted by Gasteiger charge is -2.03. The molecule has 0 aromatic heterocycles. The predicted octanol–water partition coefficient (Wildman–Crippen LogP) is 3.65. The smallest absolute Gasteiger partial charge is 0.270 e. The number of nitro groups is 1. The molecule has 0 saturated heterocycles. The fourth-order valence-electron chi connectivity index (χ4n) is 1.51. The van der Waals surface area contributed by atoms with Crippen LogP contribution in [-0.2, 0) is 0 Å². The third-order valence-corrected chi connectivity index (χ3v) is 3.03. The average Bonchev–Trinajstić information content (AvgIpc) is 2.43. The van der Waals surface area contributed by atoms with Crippen LogP contribution in [0.15, 0.2) is 46.0 Å². The molecule has 2 rings (SSSR count). The molecule has 108 valence electrons. The molecule has 6 nitrogen and oxygen atoms in total. The standard InChI is InChI=1S/C13H9BrFN3O3/c14-9-1-3-12(11(15)6-9)17-16-7-8-5-10(18(20)21)2-4-13(8)19/h1-7,17,19H. The number of benzene rings is 2. The molecule has 0 aliphatic heterocycles. The topological polar surface area (TPSA) is 87.8 Å². The van der Waals surface area contributed by atoms with E-state index in [-0.39, 0.29) is 22.7 Å². The zero-order valence-electron chi connectivity index (χ0n) is 10.5. The van der Waals surface area contributed by atoms with Crippen molar-refractivity contribution in [2.45, 2.75) is 0 Å². The number of hydrogen-bond acceptors (Lipinski definition) is 5. The zero-order chi connectivity index (χ0) is 15.4. The molecule has 0 spiro atoms. The maximum Gasteiger partial charge on any atom is 0.270 e. The number of non-ortho nitro benzene ring substituents is 1. The Morgan fingerprint density at radius 2 is 2.10 bits per heavy atom. The highest BCUT2D eigenvalue weighted by Crippen LogP contribution is 2.22. The van der Waals surface area contributed by atoms with Crippen LogP contribution >= 0.6 is 15.9 Å². The van der Waals surface area contributed by atoms with E-state index in [1.165, 1.54) is 36.5 Å². The monoisotopic (exact) mass is 353 g/mol. The van der Waals surface area contributed by atoms with Crippen molar-refractivity contribution in [3.05, 3.63) is 62.4 Å². The second-order valence-corrected chi connectivity index (χ2v) is 4.91. The molecule has 8 heteroatoms. The first-order valence-electron chi connectivity index (χ1n) is 5.69. The van der Waals surface area contributed by atoms with Crippen molar-refractivity contribution in [3.63, 3.8) is 0 Å². The summed E-state index contributed by atoms with van der Waals surface area (Å²) in [6, 6.07) is 7.91. The van der Waals surface area contributed by atoms with Crippen LogP contribution in [0.3, 0.4) is 0 Å². The van der Waals surface area contributed by atoms with Crippen LogP contribution < -0.4 is 5.43 Å². The molecule has 0 aliphatic rings. The van der Waals surface area contributed by atoms with E-state index in [0.717, 1.165) is 0 Å². The van der Waals surface area contributed by atoms with Crippen molar-refractivity contribution >= 4 is 33.5 Å². The van der Waals surface area contributed by atoms with Gasteiger partial charge in [0.15, 0.2) is 0 Å². The van der Waals surface area contributed by atoms with Crippen molar-refractivity contribution in [1.29, 1.82) is 0 Å². The Hall–Kier alpha value is -2.48. The molecular formula is C13H9BrFN3O3. The maximum absolute atomic E-state index is 13.5. The van der Waals surface area contributed by atoms with Crippen LogP contribution in [0.25, 0.3) is 0 Å². The van der Waals surface area contributed by atoms with Crippen LogP contribution in [-0.4, -0.2) is 16.2 Å². The largest absolute Gasteiger partial charge is 0.507 e. The number of rotatable bonds is 4. The third-order valence-electron chi connectivity index (χ3n) is 2.54. The zero-order valence-corrected chi connectivity index (χ0v) is 12.0. The van der Waals surface area contributed by atoms with Gasteiger partial charge in [-0.25, -0.2) is 4.39 Å². The highest BCUT2D eigenvalue weighted by molar-refractivity contribution is 9.10. The fraction of sp³-hybridized carbons (Fsp3) is 0. The number of halogens is 2. The highest BCUT2D eigenvalue weighted by atomic mass is 79.9. The van der Waals surface area contributed by atoms with Crippen LogP contribution in [0.2, 0.25) is 0 Å². The molecule has 0 bridgehead atoms. The van der Waals surface area contributed by atoms with Gasteiger partial charge in [0, 0.05) is 22.2 Å². The molecule has 0 radical (unpaired) electrons. The summed E-state index contributed by atoms with van der Waals surface area (Å²) in [5.74, 6) is -0.674. The fourth-order valence-corrected chi connectivity index (χ4v) is 1.84. The minimum Gasteiger partial charge on any atom is -0.507 e. The Bertz CT molecular complexity index is 722. The molecule has 2 aromatic rings. The molecule has 0 heterocycles. The van der Waals surface area contributed by atoms with Gasteiger partial charge >= 0.3 is 0 Å². The van der Waals surface area contributed by atoms with Gasteiger partial charge < -0.3 is 5.11 Å². The van der Waals surface area contributed by atoms with Gasteiger partial charge in [0.05, 0.1) is 16.8 Å². The molecular weight excluding hydrogens is 345 g/mol. The molecule has 21 heavy (non-hydrogen) atoms. The minimum atomic E-state index is -0.585. The van der Waals surface area contributed by atoms with Gasteiger partial charge in [0.2, 0.25) is 0 Å². The van der Waals surface area contributed by atoms with E-state index < -0.39 is 10.7 Å². The van der Waals surface area contributed by atoms with E-state index in [1.807, 2.05) is 0 Å². The number of phenols is 1. The van der Waals surface area contributed by atoms with Crippen molar-refractivity contribution in [1.82, 2.24) is 0 Å². The van der Waals surface area contributed by atoms with Gasteiger partial charge in [-0.3, -0.25) is 15.5 Å². The summed E-state index contributed by atoms with van der Waals surface area (Å²) < 4.78 is 14.1. The summed E-state index contributed by atoms with van der Waals surface area (Å²) in [6.07, 6.45) is 1.17. The molecule has 2 aromatic carbocycles. The van der Waals surface area contributed by atoms with Crippen LogP contribution in [0.1, 0.15) is 5.56 Å². The van der Waals surface area contributed by atoms with E-state index in [0.29, 0.717) is 4.47 Å². The average molecular weight is 354 g/mol. The quantitative estimate of drug-likeness (QED) is 0.498. The molecule has 0 saturated carbocycles. The van der Waals surface area contributed by atoms with Gasteiger partial charge in [-0.05, 0) is 24.3 Å². The number of nitrogens with one attached hydrogen (secondary N) is 1. The second kappa shape index (κ2) is 6.31.